The Bertz CT molecular complexity index is 1130. The number of hydrogen-bond donors (Lipinski definition) is 1. The summed E-state index contributed by atoms with van der Waals surface area (Å²) in [5, 5.41) is 9.13. The number of ether oxygens (including phenoxy) is 2. The zero-order valence-corrected chi connectivity index (χ0v) is 18.9. The maximum absolute atomic E-state index is 14.4. The van der Waals surface area contributed by atoms with Gasteiger partial charge in [0.2, 0.25) is 0 Å². The molecule has 1 N–H and O–H groups in total. The topological polar surface area (TPSA) is 59.0 Å². The van der Waals surface area contributed by atoms with Crippen molar-refractivity contribution in [3.05, 3.63) is 77.6 Å². The van der Waals surface area contributed by atoms with Crippen molar-refractivity contribution in [3.8, 4) is 22.6 Å². The summed E-state index contributed by atoms with van der Waals surface area (Å²) < 4.78 is 25.5. The molecule has 0 aliphatic carbocycles. The van der Waals surface area contributed by atoms with E-state index < -0.39 is 5.97 Å². The van der Waals surface area contributed by atoms with Crippen LogP contribution < -0.4 is 14.4 Å². The number of nitrogens with zero attached hydrogens (tertiary/aromatic N) is 1. The first-order valence-electron chi connectivity index (χ1n) is 11.1. The number of hydrogen-bond acceptors (Lipinski definition) is 4. The van der Waals surface area contributed by atoms with Crippen LogP contribution in [-0.4, -0.2) is 30.8 Å². The van der Waals surface area contributed by atoms with Crippen molar-refractivity contribution in [2.45, 2.75) is 38.8 Å². The first-order chi connectivity index (χ1) is 15.9. The minimum Gasteiger partial charge on any atom is -0.497 e. The van der Waals surface area contributed by atoms with Gasteiger partial charge < -0.3 is 19.5 Å². The van der Waals surface area contributed by atoms with Crippen molar-refractivity contribution in [1.29, 1.82) is 0 Å². The lowest BCUT2D eigenvalue weighted by molar-refractivity contribution is -0.137. The number of carboxylic acids is 1. The van der Waals surface area contributed by atoms with Gasteiger partial charge in [-0.15, -0.1) is 0 Å². The van der Waals surface area contributed by atoms with Gasteiger partial charge in [-0.1, -0.05) is 18.2 Å². The molecule has 172 valence electrons. The van der Waals surface area contributed by atoms with Gasteiger partial charge in [0.15, 0.2) is 0 Å². The van der Waals surface area contributed by atoms with Crippen LogP contribution in [0.15, 0.2) is 60.7 Å². The van der Waals surface area contributed by atoms with Crippen LogP contribution in [0.5, 0.6) is 11.5 Å². The molecule has 0 spiro atoms. The number of methoxy groups -OCH3 is 1. The number of aryl methyl sites for hydroxylation is 1. The SMILES string of the molecule is COc1ccc(F)c(-c2ccc(COc3ccc(N4CCCC4CC(=O)O)cc3)cc2C)c1. The van der Waals surface area contributed by atoms with E-state index >= 15 is 0 Å². The van der Waals surface area contributed by atoms with Gasteiger partial charge in [0.1, 0.15) is 23.9 Å². The number of aliphatic carboxylic acids is 1. The molecule has 3 aromatic carbocycles. The fourth-order valence-corrected chi connectivity index (χ4v) is 4.45. The molecule has 0 amide bonds. The van der Waals surface area contributed by atoms with Crippen molar-refractivity contribution in [2.75, 3.05) is 18.6 Å². The first-order valence-corrected chi connectivity index (χ1v) is 11.1. The van der Waals surface area contributed by atoms with Gasteiger partial charge in [-0.25, -0.2) is 4.39 Å². The average molecular weight is 450 g/mol. The molecule has 33 heavy (non-hydrogen) atoms. The first kappa shape index (κ1) is 22.6. The summed E-state index contributed by atoms with van der Waals surface area (Å²) >= 11 is 0. The van der Waals surface area contributed by atoms with Crippen LogP contribution in [0.2, 0.25) is 0 Å². The maximum atomic E-state index is 14.4. The molecule has 0 bridgehead atoms. The average Bonchev–Trinajstić information content (AvgIpc) is 3.26. The molecule has 1 saturated heterocycles. The van der Waals surface area contributed by atoms with E-state index in [2.05, 4.69) is 4.90 Å². The minimum atomic E-state index is -0.762. The van der Waals surface area contributed by atoms with E-state index in [9.17, 15) is 9.18 Å². The summed E-state index contributed by atoms with van der Waals surface area (Å²) in [6.45, 7) is 3.22. The molecule has 4 rings (SSSR count). The van der Waals surface area contributed by atoms with E-state index in [0.29, 0.717) is 17.9 Å². The fraction of sp³-hybridized carbons (Fsp3) is 0.296. The molecule has 1 fully saturated rings. The van der Waals surface area contributed by atoms with Crippen LogP contribution in [0.3, 0.4) is 0 Å². The van der Waals surface area contributed by atoms with Gasteiger partial charge in [-0.2, -0.15) is 0 Å². The Labute approximate surface area is 193 Å². The Morgan fingerprint density at radius 3 is 2.52 bits per heavy atom. The summed E-state index contributed by atoms with van der Waals surface area (Å²) in [6, 6.07) is 18.4. The Morgan fingerprint density at radius 1 is 1.06 bits per heavy atom. The lowest BCUT2D eigenvalue weighted by Gasteiger charge is -2.25. The van der Waals surface area contributed by atoms with Crippen molar-refractivity contribution < 1.29 is 23.8 Å². The zero-order valence-electron chi connectivity index (χ0n) is 18.9. The molecule has 1 unspecified atom stereocenters. The standard InChI is InChI=1S/C27H28FNO4/c1-18-14-19(5-11-24(18)25-16-23(32-2)10-12-26(25)28)17-33-22-8-6-20(7-9-22)29-13-3-4-21(29)15-27(30)31/h5-12,14,16,21H,3-4,13,15,17H2,1-2H3,(H,30,31). The third-order valence-corrected chi connectivity index (χ3v) is 6.12. The molecule has 1 heterocycles. The number of halogens is 1. The van der Waals surface area contributed by atoms with Crippen LogP contribution in [-0.2, 0) is 11.4 Å². The van der Waals surface area contributed by atoms with Gasteiger partial charge in [0.25, 0.3) is 0 Å². The molecule has 1 atom stereocenters. The van der Waals surface area contributed by atoms with Gasteiger partial charge in [-0.05, 0) is 78.9 Å². The second kappa shape index (κ2) is 9.94. The Kier molecular flexibility index (Phi) is 6.82. The van der Waals surface area contributed by atoms with Crippen LogP contribution in [0.1, 0.15) is 30.4 Å². The van der Waals surface area contributed by atoms with Crippen molar-refractivity contribution in [3.63, 3.8) is 0 Å². The number of anilines is 1. The lowest BCUT2D eigenvalue weighted by atomic mass is 9.98. The van der Waals surface area contributed by atoms with Gasteiger partial charge in [-0.3, -0.25) is 4.79 Å². The highest BCUT2D eigenvalue weighted by Gasteiger charge is 2.26. The third-order valence-electron chi connectivity index (χ3n) is 6.12. The van der Waals surface area contributed by atoms with Crippen molar-refractivity contribution in [1.82, 2.24) is 0 Å². The molecule has 6 heteroatoms. The Morgan fingerprint density at radius 2 is 1.82 bits per heavy atom. The van der Waals surface area contributed by atoms with E-state index in [4.69, 9.17) is 14.6 Å². The number of carboxylic acid groups (broad SMARTS) is 1. The minimum absolute atomic E-state index is 0.0465. The van der Waals surface area contributed by atoms with E-state index in [0.717, 1.165) is 47.5 Å². The van der Waals surface area contributed by atoms with Crippen LogP contribution in [0.25, 0.3) is 11.1 Å². The van der Waals surface area contributed by atoms with Crippen LogP contribution >= 0.6 is 0 Å². The van der Waals surface area contributed by atoms with Crippen LogP contribution in [0, 0.1) is 12.7 Å². The molecule has 0 saturated carbocycles. The molecule has 0 radical (unpaired) electrons. The van der Waals surface area contributed by atoms with E-state index in [1.807, 2.05) is 49.4 Å². The normalized spacial score (nSPS) is 15.5. The van der Waals surface area contributed by atoms with Crippen LogP contribution in [0.4, 0.5) is 10.1 Å². The van der Waals surface area contributed by atoms with E-state index in [-0.39, 0.29) is 18.3 Å². The predicted molar refractivity (Wildman–Crippen MR) is 127 cm³/mol. The molecule has 5 nitrogen and oxygen atoms in total. The summed E-state index contributed by atoms with van der Waals surface area (Å²) in [6.07, 6.45) is 2.07. The van der Waals surface area contributed by atoms with E-state index in [1.54, 1.807) is 19.2 Å². The quantitative estimate of drug-likeness (QED) is 0.469. The molecular formula is C27H28FNO4. The second-order valence-corrected chi connectivity index (χ2v) is 8.36. The van der Waals surface area contributed by atoms with Crippen molar-refractivity contribution >= 4 is 11.7 Å². The van der Waals surface area contributed by atoms with Crippen molar-refractivity contribution in [2.24, 2.45) is 0 Å². The van der Waals surface area contributed by atoms with E-state index in [1.165, 1.54) is 6.07 Å². The third kappa shape index (κ3) is 5.28. The zero-order chi connectivity index (χ0) is 23.4. The number of carbonyl (C=O) groups is 1. The highest BCUT2D eigenvalue weighted by Crippen LogP contribution is 2.31. The molecule has 0 aromatic heterocycles. The number of rotatable bonds is 8. The predicted octanol–water partition coefficient (Wildman–Crippen LogP) is 5.83. The highest BCUT2D eigenvalue weighted by molar-refractivity contribution is 5.70. The fourth-order valence-electron chi connectivity index (χ4n) is 4.45. The Balaban J connectivity index is 1.41. The largest absolute Gasteiger partial charge is 0.497 e. The van der Waals surface area contributed by atoms with Gasteiger partial charge in [0, 0.05) is 23.8 Å². The highest BCUT2D eigenvalue weighted by atomic mass is 19.1. The molecule has 1 aliphatic rings. The van der Waals surface area contributed by atoms with Gasteiger partial charge >= 0.3 is 5.97 Å². The summed E-state index contributed by atoms with van der Waals surface area (Å²) in [7, 11) is 1.57. The number of benzene rings is 3. The molecule has 3 aromatic rings. The maximum Gasteiger partial charge on any atom is 0.305 e. The summed E-state index contributed by atoms with van der Waals surface area (Å²) in [4.78, 5) is 13.3. The molecule has 1 aliphatic heterocycles. The van der Waals surface area contributed by atoms with Gasteiger partial charge in [0.05, 0.1) is 13.5 Å². The summed E-state index contributed by atoms with van der Waals surface area (Å²) in [5.74, 6) is 0.312. The smallest absolute Gasteiger partial charge is 0.305 e. The Hall–Kier alpha value is -3.54. The monoisotopic (exact) mass is 449 g/mol. The second-order valence-electron chi connectivity index (χ2n) is 8.36. The molecular weight excluding hydrogens is 421 g/mol. The summed E-state index contributed by atoms with van der Waals surface area (Å²) in [5.41, 5.74) is 4.30. The lowest BCUT2D eigenvalue weighted by Crippen LogP contribution is -2.31.